The molecule has 0 aromatic heterocycles. The van der Waals surface area contributed by atoms with Crippen LogP contribution in [0.25, 0.3) is 0 Å². The summed E-state index contributed by atoms with van der Waals surface area (Å²) in [6.07, 6.45) is 0. The van der Waals surface area contributed by atoms with Crippen molar-refractivity contribution in [3.05, 3.63) is 57.3 Å². The van der Waals surface area contributed by atoms with E-state index in [0.29, 0.717) is 15.7 Å². The van der Waals surface area contributed by atoms with E-state index in [-0.39, 0.29) is 5.69 Å². The molecule has 0 aliphatic carbocycles. The highest BCUT2D eigenvalue weighted by atomic mass is 79.9. The lowest BCUT2D eigenvalue weighted by atomic mass is 10.2. The minimum absolute atomic E-state index is 0.230. The number of benzene rings is 2. The van der Waals surface area contributed by atoms with Gasteiger partial charge in [0.1, 0.15) is 10.8 Å². The fourth-order valence-corrected chi connectivity index (χ4v) is 2.34. The molecule has 19 heavy (non-hydrogen) atoms. The Kier molecular flexibility index (Phi) is 4.39. The number of para-hydroxylation sites is 1. The predicted molar refractivity (Wildman–Crippen MR) is 84.7 cm³/mol. The zero-order valence-corrected chi connectivity index (χ0v) is 12.7. The Morgan fingerprint density at radius 3 is 2.63 bits per heavy atom. The first-order valence-corrected chi connectivity index (χ1v) is 6.87. The van der Waals surface area contributed by atoms with E-state index in [2.05, 4.69) is 21.2 Å². The van der Waals surface area contributed by atoms with Crippen molar-refractivity contribution in [3.8, 4) is 0 Å². The molecule has 0 unspecified atom stereocenters. The number of rotatable bonds is 3. The SMILES string of the molecule is NC(=S)c1ccc(Nc2c(F)cccc2Cl)c(Br)c1. The molecular weight excluding hydrogens is 351 g/mol. The third kappa shape index (κ3) is 3.23. The van der Waals surface area contributed by atoms with E-state index in [4.69, 9.17) is 29.6 Å². The Labute approximate surface area is 128 Å². The summed E-state index contributed by atoms with van der Waals surface area (Å²) < 4.78 is 14.4. The number of hydrogen-bond acceptors (Lipinski definition) is 2. The summed E-state index contributed by atoms with van der Waals surface area (Å²) in [6, 6.07) is 9.77. The van der Waals surface area contributed by atoms with E-state index in [1.54, 1.807) is 30.3 Å². The zero-order chi connectivity index (χ0) is 14.0. The first kappa shape index (κ1) is 14.2. The minimum atomic E-state index is -0.419. The highest BCUT2D eigenvalue weighted by Gasteiger charge is 2.09. The minimum Gasteiger partial charge on any atom is -0.389 e. The quantitative estimate of drug-likeness (QED) is 0.785. The molecule has 2 nitrogen and oxygen atoms in total. The molecule has 0 fully saturated rings. The first-order chi connectivity index (χ1) is 8.99. The van der Waals surface area contributed by atoms with Crippen LogP contribution in [-0.4, -0.2) is 4.99 Å². The van der Waals surface area contributed by atoms with Crippen molar-refractivity contribution in [1.82, 2.24) is 0 Å². The highest BCUT2D eigenvalue weighted by molar-refractivity contribution is 9.10. The molecule has 0 saturated carbocycles. The molecule has 0 atom stereocenters. The van der Waals surface area contributed by atoms with E-state index in [1.165, 1.54) is 6.07 Å². The van der Waals surface area contributed by atoms with Gasteiger partial charge in [-0.15, -0.1) is 0 Å². The molecule has 0 spiro atoms. The highest BCUT2D eigenvalue weighted by Crippen LogP contribution is 2.32. The van der Waals surface area contributed by atoms with Gasteiger partial charge in [0.2, 0.25) is 0 Å². The third-order valence-corrected chi connectivity index (χ3v) is 3.68. The van der Waals surface area contributed by atoms with Gasteiger partial charge < -0.3 is 11.1 Å². The van der Waals surface area contributed by atoms with Crippen molar-refractivity contribution in [2.75, 3.05) is 5.32 Å². The standard InChI is InChI=1S/C13H9BrClFN2S/c14-8-6-7(13(17)19)4-5-11(8)18-12-9(15)2-1-3-10(12)16/h1-6,18H,(H2,17,19). The second kappa shape index (κ2) is 5.86. The number of anilines is 2. The van der Waals surface area contributed by atoms with Crippen molar-refractivity contribution in [1.29, 1.82) is 0 Å². The number of nitrogens with two attached hydrogens (primary N) is 1. The predicted octanol–water partition coefficient (Wildman–Crippen LogP) is 4.62. The summed E-state index contributed by atoms with van der Waals surface area (Å²) >= 11 is 14.2. The van der Waals surface area contributed by atoms with Crippen LogP contribution >= 0.6 is 39.7 Å². The van der Waals surface area contributed by atoms with E-state index < -0.39 is 5.82 Å². The molecule has 0 bridgehead atoms. The van der Waals surface area contributed by atoms with Crippen LogP contribution < -0.4 is 11.1 Å². The summed E-state index contributed by atoms with van der Waals surface area (Å²) in [5.41, 5.74) is 7.17. The lowest BCUT2D eigenvalue weighted by molar-refractivity contribution is 0.632. The first-order valence-electron chi connectivity index (χ1n) is 5.29. The van der Waals surface area contributed by atoms with E-state index in [1.807, 2.05) is 0 Å². The van der Waals surface area contributed by atoms with Gasteiger partial charge in [0.25, 0.3) is 0 Å². The maximum absolute atomic E-state index is 13.7. The Balaban J connectivity index is 2.36. The Hall–Kier alpha value is -1.17. The number of nitrogens with one attached hydrogen (secondary N) is 1. The van der Waals surface area contributed by atoms with Gasteiger partial charge >= 0.3 is 0 Å². The summed E-state index contributed by atoms with van der Waals surface area (Å²) in [6.45, 7) is 0. The molecule has 2 rings (SSSR count). The van der Waals surface area contributed by atoms with Gasteiger partial charge in [0.15, 0.2) is 0 Å². The molecule has 0 saturated heterocycles. The van der Waals surface area contributed by atoms with E-state index in [9.17, 15) is 4.39 Å². The number of halogens is 3. The van der Waals surface area contributed by atoms with Crippen molar-refractivity contribution in [3.63, 3.8) is 0 Å². The molecule has 3 N–H and O–H groups in total. The van der Waals surface area contributed by atoms with Crippen LogP contribution in [0.4, 0.5) is 15.8 Å². The van der Waals surface area contributed by atoms with Crippen LogP contribution in [0.5, 0.6) is 0 Å². The van der Waals surface area contributed by atoms with Crippen molar-refractivity contribution >= 4 is 56.1 Å². The number of hydrogen-bond donors (Lipinski definition) is 2. The summed E-state index contributed by atoms with van der Waals surface area (Å²) in [5, 5.41) is 3.25. The van der Waals surface area contributed by atoms with Gasteiger partial charge in [-0.25, -0.2) is 4.39 Å². The fourth-order valence-electron chi connectivity index (χ4n) is 1.52. The average molecular weight is 360 g/mol. The van der Waals surface area contributed by atoms with E-state index >= 15 is 0 Å². The molecule has 0 heterocycles. The largest absolute Gasteiger partial charge is 0.389 e. The zero-order valence-electron chi connectivity index (χ0n) is 9.58. The smallest absolute Gasteiger partial charge is 0.148 e. The molecule has 2 aromatic carbocycles. The molecule has 0 amide bonds. The molecule has 6 heteroatoms. The Bertz CT molecular complexity index is 628. The number of thiocarbonyl (C=S) groups is 1. The van der Waals surface area contributed by atoms with Gasteiger partial charge in [-0.05, 0) is 46.3 Å². The average Bonchev–Trinajstić information content (AvgIpc) is 2.35. The Morgan fingerprint density at radius 1 is 1.32 bits per heavy atom. The van der Waals surface area contributed by atoms with Crippen molar-refractivity contribution < 1.29 is 4.39 Å². The summed E-state index contributed by atoms with van der Waals surface area (Å²) in [5.74, 6) is -0.419. The molecule has 0 radical (unpaired) electrons. The molecule has 98 valence electrons. The van der Waals surface area contributed by atoms with Crippen LogP contribution in [0.1, 0.15) is 5.56 Å². The molecule has 0 aliphatic heterocycles. The van der Waals surface area contributed by atoms with Crippen LogP contribution in [-0.2, 0) is 0 Å². The fraction of sp³-hybridized carbons (Fsp3) is 0. The normalized spacial score (nSPS) is 10.3. The van der Waals surface area contributed by atoms with Gasteiger partial charge in [0.05, 0.1) is 16.4 Å². The van der Waals surface area contributed by atoms with Gasteiger partial charge in [0, 0.05) is 10.0 Å². The van der Waals surface area contributed by atoms with Crippen LogP contribution in [0.15, 0.2) is 40.9 Å². The summed E-state index contributed by atoms with van der Waals surface area (Å²) in [4.78, 5) is 0.302. The van der Waals surface area contributed by atoms with Gasteiger partial charge in [-0.1, -0.05) is 29.9 Å². The van der Waals surface area contributed by atoms with Crippen LogP contribution in [0, 0.1) is 5.82 Å². The second-order valence-corrected chi connectivity index (χ2v) is 5.48. The van der Waals surface area contributed by atoms with Crippen LogP contribution in [0.2, 0.25) is 5.02 Å². The maximum Gasteiger partial charge on any atom is 0.148 e. The molecule has 0 aliphatic rings. The van der Waals surface area contributed by atoms with E-state index in [0.717, 1.165) is 10.0 Å². The third-order valence-electron chi connectivity index (χ3n) is 2.48. The summed E-state index contributed by atoms with van der Waals surface area (Å²) in [7, 11) is 0. The van der Waals surface area contributed by atoms with Gasteiger partial charge in [-0.2, -0.15) is 0 Å². The second-order valence-electron chi connectivity index (χ2n) is 3.78. The van der Waals surface area contributed by atoms with Crippen molar-refractivity contribution in [2.45, 2.75) is 0 Å². The Morgan fingerprint density at radius 2 is 2.05 bits per heavy atom. The molecule has 2 aromatic rings. The van der Waals surface area contributed by atoms with Gasteiger partial charge in [-0.3, -0.25) is 0 Å². The topological polar surface area (TPSA) is 38.0 Å². The lowest BCUT2D eigenvalue weighted by Crippen LogP contribution is -2.09. The molecular formula is C13H9BrClFN2S. The van der Waals surface area contributed by atoms with Crippen LogP contribution in [0.3, 0.4) is 0 Å². The monoisotopic (exact) mass is 358 g/mol. The maximum atomic E-state index is 13.7. The lowest BCUT2D eigenvalue weighted by Gasteiger charge is -2.12. The van der Waals surface area contributed by atoms with Crippen molar-refractivity contribution in [2.24, 2.45) is 5.73 Å².